The molecule has 0 aliphatic heterocycles. The highest BCUT2D eigenvalue weighted by molar-refractivity contribution is 6.51. The maximum absolute atomic E-state index is 10.9. The molecule has 0 radical (unpaired) electrons. The van der Waals surface area contributed by atoms with E-state index < -0.39 is 10.3 Å². The molecule has 5 atom stereocenters. The van der Waals surface area contributed by atoms with Crippen LogP contribution in [0.4, 0.5) is 0 Å². The minimum Gasteiger partial charge on any atom is -0.481 e. The first kappa shape index (κ1) is 10.2. The smallest absolute Gasteiger partial charge is 0.307 e. The van der Waals surface area contributed by atoms with Gasteiger partial charge in [0.15, 0.2) is 0 Å². The van der Waals surface area contributed by atoms with Crippen molar-refractivity contribution in [1.29, 1.82) is 0 Å². The summed E-state index contributed by atoms with van der Waals surface area (Å²) in [5.74, 6) is 1.00. The summed E-state index contributed by atoms with van der Waals surface area (Å²) in [5, 5.41) is 9.00. The molecule has 0 aromatic heterocycles. The summed E-state index contributed by atoms with van der Waals surface area (Å²) in [6, 6.07) is 0. The third kappa shape index (κ3) is 1.41. The molecule has 0 amide bonds. The number of carboxylic acids is 1. The van der Waals surface area contributed by atoms with E-state index in [0.29, 0.717) is 23.7 Å². The van der Waals surface area contributed by atoms with E-state index in [0.717, 1.165) is 25.7 Å². The molecular weight excluding hydrogens is 235 g/mol. The van der Waals surface area contributed by atoms with Gasteiger partial charge in [0.1, 0.15) is 4.33 Å². The van der Waals surface area contributed by atoms with Crippen molar-refractivity contribution in [1.82, 2.24) is 0 Å². The van der Waals surface area contributed by atoms with Crippen LogP contribution in [0.3, 0.4) is 0 Å². The van der Waals surface area contributed by atoms with Gasteiger partial charge in [-0.25, -0.2) is 0 Å². The molecule has 15 heavy (non-hydrogen) atoms. The zero-order valence-electron chi connectivity index (χ0n) is 8.33. The van der Waals surface area contributed by atoms with E-state index >= 15 is 0 Å². The van der Waals surface area contributed by atoms with Crippen molar-refractivity contribution < 1.29 is 9.90 Å². The summed E-state index contributed by atoms with van der Waals surface area (Å²) in [6.45, 7) is 0. The van der Waals surface area contributed by atoms with E-state index in [2.05, 4.69) is 0 Å². The second-order valence-electron chi connectivity index (χ2n) is 5.23. The van der Waals surface area contributed by atoms with Gasteiger partial charge >= 0.3 is 5.97 Å². The lowest BCUT2D eigenvalue weighted by Crippen LogP contribution is -2.01. The Morgan fingerprint density at radius 3 is 1.93 bits per heavy atom. The lowest BCUT2D eigenvalue weighted by Gasteiger charge is -2.03. The summed E-state index contributed by atoms with van der Waals surface area (Å²) < 4.78 is -0.491. The number of hydrogen-bond acceptors (Lipinski definition) is 1. The predicted molar refractivity (Wildman–Crippen MR) is 58.0 cm³/mol. The van der Waals surface area contributed by atoms with E-state index in [-0.39, 0.29) is 5.92 Å². The average molecular weight is 249 g/mol. The zero-order valence-corrected chi connectivity index (χ0v) is 9.84. The summed E-state index contributed by atoms with van der Waals surface area (Å²) in [4.78, 5) is 10.9. The zero-order chi connectivity index (χ0) is 10.8. The Kier molecular flexibility index (Phi) is 2.07. The number of carboxylic acid groups (broad SMARTS) is 1. The minimum absolute atomic E-state index is 0.0671. The van der Waals surface area contributed by atoms with Crippen LogP contribution in [-0.2, 0) is 4.79 Å². The van der Waals surface area contributed by atoms with Crippen LogP contribution in [0.15, 0.2) is 0 Å². The molecule has 0 aromatic carbocycles. The van der Waals surface area contributed by atoms with Gasteiger partial charge in [-0.05, 0) is 49.4 Å². The van der Waals surface area contributed by atoms with Gasteiger partial charge in [0.25, 0.3) is 0 Å². The number of halogens is 2. The molecule has 1 N–H and O–H groups in total. The summed E-state index contributed by atoms with van der Waals surface area (Å²) in [6.07, 6.45) is 4.04. The maximum atomic E-state index is 10.9. The Hall–Kier alpha value is 0.0500. The number of aliphatic carboxylic acids is 1. The summed E-state index contributed by atoms with van der Waals surface area (Å²) in [5.41, 5.74) is 0. The standard InChI is InChI=1S/C11H14Cl2O2/c12-11(13)7-3-1-5-6(2-4-8(7)11)9(5)10(14)15/h5-9H,1-4H2,(H,14,15)/t5-,6-,7-,8+,9?/m1/s1. The van der Waals surface area contributed by atoms with Gasteiger partial charge in [-0.15, -0.1) is 23.2 Å². The van der Waals surface area contributed by atoms with Crippen LogP contribution in [-0.4, -0.2) is 15.4 Å². The van der Waals surface area contributed by atoms with Crippen molar-refractivity contribution in [2.75, 3.05) is 0 Å². The SMILES string of the molecule is O=C(O)C1[C@@H]2CC[C@@H]3[C@H](CC[C@@H]12)C3(Cl)Cl. The fourth-order valence-electron chi connectivity index (χ4n) is 3.59. The molecule has 3 aliphatic carbocycles. The molecule has 4 heteroatoms. The number of rotatable bonds is 1. The summed E-state index contributed by atoms with van der Waals surface area (Å²) >= 11 is 12.3. The maximum Gasteiger partial charge on any atom is 0.307 e. The third-order valence-corrected chi connectivity index (χ3v) is 5.73. The van der Waals surface area contributed by atoms with Crippen molar-refractivity contribution in [3.8, 4) is 0 Å². The molecule has 0 aromatic rings. The van der Waals surface area contributed by atoms with Crippen molar-refractivity contribution in [2.24, 2.45) is 29.6 Å². The lowest BCUT2D eigenvalue weighted by atomic mass is 10.0. The van der Waals surface area contributed by atoms with Crippen molar-refractivity contribution in [3.63, 3.8) is 0 Å². The third-order valence-electron chi connectivity index (χ3n) is 4.60. The van der Waals surface area contributed by atoms with E-state index in [9.17, 15) is 4.79 Å². The number of hydrogen-bond donors (Lipinski definition) is 1. The van der Waals surface area contributed by atoms with Crippen LogP contribution in [0.5, 0.6) is 0 Å². The minimum atomic E-state index is -0.608. The first-order valence-corrected chi connectivity index (χ1v) is 6.39. The van der Waals surface area contributed by atoms with Gasteiger partial charge in [0, 0.05) is 0 Å². The van der Waals surface area contributed by atoms with E-state index in [1.807, 2.05) is 0 Å². The van der Waals surface area contributed by atoms with E-state index in [1.165, 1.54) is 0 Å². The van der Waals surface area contributed by atoms with Crippen molar-refractivity contribution in [3.05, 3.63) is 0 Å². The molecule has 0 spiro atoms. The highest BCUT2D eigenvalue weighted by Gasteiger charge is 2.65. The Balaban J connectivity index is 1.67. The molecule has 84 valence electrons. The second-order valence-corrected chi connectivity index (χ2v) is 6.68. The average Bonchev–Trinajstić information content (AvgIpc) is 2.88. The Morgan fingerprint density at radius 2 is 1.53 bits per heavy atom. The molecule has 3 fully saturated rings. The largest absolute Gasteiger partial charge is 0.481 e. The fraction of sp³-hybridized carbons (Fsp3) is 0.909. The molecule has 3 rings (SSSR count). The topological polar surface area (TPSA) is 37.3 Å². The molecule has 0 bridgehead atoms. The monoisotopic (exact) mass is 248 g/mol. The molecule has 2 nitrogen and oxygen atoms in total. The molecular formula is C11H14Cl2O2. The molecule has 0 heterocycles. The van der Waals surface area contributed by atoms with Crippen LogP contribution in [0, 0.1) is 29.6 Å². The molecule has 0 saturated heterocycles. The summed E-state index contributed by atoms with van der Waals surface area (Å²) in [7, 11) is 0. The van der Waals surface area contributed by atoms with Gasteiger partial charge in [0.05, 0.1) is 5.92 Å². The highest BCUT2D eigenvalue weighted by Crippen LogP contribution is 2.67. The predicted octanol–water partition coefficient (Wildman–Crippen LogP) is 2.93. The van der Waals surface area contributed by atoms with Crippen LogP contribution < -0.4 is 0 Å². The highest BCUT2D eigenvalue weighted by atomic mass is 35.5. The molecule has 3 aliphatic rings. The van der Waals surface area contributed by atoms with Crippen LogP contribution in [0.2, 0.25) is 0 Å². The van der Waals surface area contributed by atoms with Crippen LogP contribution in [0.1, 0.15) is 25.7 Å². The Bertz CT molecular complexity index is 294. The quantitative estimate of drug-likeness (QED) is 0.725. The normalized spacial score (nSPS) is 50.7. The number of fused-ring (bicyclic) bond motifs is 2. The van der Waals surface area contributed by atoms with Gasteiger partial charge in [0.2, 0.25) is 0 Å². The first-order valence-electron chi connectivity index (χ1n) is 5.64. The van der Waals surface area contributed by atoms with Gasteiger partial charge in [-0.1, -0.05) is 0 Å². The Morgan fingerprint density at radius 1 is 1.07 bits per heavy atom. The van der Waals surface area contributed by atoms with Gasteiger partial charge in [-0.2, -0.15) is 0 Å². The number of alkyl halides is 2. The van der Waals surface area contributed by atoms with Gasteiger partial charge in [-0.3, -0.25) is 4.79 Å². The molecule has 3 saturated carbocycles. The van der Waals surface area contributed by atoms with Crippen molar-refractivity contribution >= 4 is 29.2 Å². The number of carbonyl (C=O) groups is 1. The van der Waals surface area contributed by atoms with E-state index in [1.54, 1.807) is 0 Å². The fourth-order valence-corrected chi connectivity index (χ4v) is 4.51. The Labute approximate surface area is 98.9 Å². The van der Waals surface area contributed by atoms with Crippen LogP contribution in [0.25, 0.3) is 0 Å². The van der Waals surface area contributed by atoms with Crippen LogP contribution >= 0.6 is 23.2 Å². The lowest BCUT2D eigenvalue weighted by molar-refractivity contribution is -0.139. The first-order chi connectivity index (χ1) is 7.03. The van der Waals surface area contributed by atoms with Crippen molar-refractivity contribution in [2.45, 2.75) is 30.0 Å². The van der Waals surface area contributed by atoms with E-state index in [4.69, 9.17) is 28.3 Å². The van der Waals surface area contributed by atoms with Gasteiger partial charge < -0.3 is 5.11 Å². The second kappa shape index (κ2) is 3.04. The molecule has 1 unspecified atom stereocenters.